The Kier molecular flexibility index (Phi) is 4.20. The number of nitrogens with zero attached hydrogens (tertiary/aromatic N) is 1. The largest absolute Gasteiger partial charge is 0.389 e. The standard InChI is InChI=1S/C11H23NO/c1-3-8-12(9-4-2)10-11(13)6-5-7-11/h13H,3-10H2,1-2H3. The molecule has 0 bridgehead atoms. The molecule has 2 nitrogen and oxygen atoms in total. The molecule has 0 atom stereocenters. The van der Waals surface area contributed by atoms with Gasteiger partial charge in [0.25, 0.3) is 0 Å². The molecule has 0 aromatic carbocycles. The predicted molar refractivity (Wildman–Crippen MR) is 55.8 cm³/mol. The second-order valence-electron chi connectivity index (χ2n) is 4.35. The van der Waals surface area contributed by atoms with Gasteiger partial charge < -0.3 is 10.0 Å². The van der Waals surface area contributed by atoms with Gasteiger partial charge in [0.05, 0.1) is 5.60 Å². The monoisotopic (exact) mass is 185 g/mol. The minimum Gasteiger partial charge on any atom is -0.389 e. The van der Waals surface area contributed by atoms with Gasteiger partial charge in [-0.05, 0) is 45.2 Å². The first-order valence-electron chi connectivity index (χ1n) is 5.65. The van der Waals surface area contributed by atoms with Crippen LogP contribution in [0.4, 0.5) is 0 Å². The Hall–Kier alpha value is -0.0800. The summed E-state index contributed by atoms with van der Waals surface area (Å²) in [6, 6.07) is 0. The van der Waals surface area contributed by atoms with Crippen molar-refractivity contribution in [3.8, 4) is 0 Å². The molecular weight excluding hydrogens is 162 g/mol. The molecule has 0 spiro atoms. The Morgan fingerprint density at radius 3 is 2.00 bits per heavy atom. The van der Waals surface area contributed by atoms with E-state index in [-0.39, 0.29) is 5.60 Å². The molecule has 1 aliphatic rings. The Labute approximate surface area is 81.9 Å². The van der Waals surface area contributed by atoms with E-state index in [9.17, 15) is 5.11 Å². The van der Waals surface area contributed by atoms with E-state index in [1.807, 2.05) is 0 Å². The first kappa shape index (κ1) is 11.0. The van der Waals surface area contributed by atoms with Crippen molar-refractivity contribution in [2.75, 3.05) is 19.6 Å². The van der Waals surface area contributed by atoms with Crippen LogP contribution in [0, 0.1) is 0 Å². The maximum Gasteiger partial charge on any atom is 0.0774 e. The second kappa shape index (κ2) is 4.97. The predicted octanol–water partition coefficient (Wildman–Crippen LogP) is 2.02. The highest BCUT2D eigenvalue weighted by Crippen LogP contribution is 2.32. The normalized spacial score (nSPS) is 20.3. The quantitative estimate of drug-likeness (QED) is 0.684. The van der Waals surface area contributed by atoms with Gasteiger partial charge in [0, 0.05) is 6.54 Å². The smallest absolute Gasteiger partial charge is 0.0774 e. The molecule has 0 aromatic heterocycles. The van der Waals surface area contributed by atoms with E-state index in [0.717, 1.165) is 32.5 Å². The molecule has 0 radical (unpaired) electrons. The molecule has 1 rings (SSSR count). The third kappa shape index (κ3) is 3.28. The highest BCUT2D eigenvalue weighted by molar-refractivity contribution is 4.90. The molecule has 0 unspecified atom stereocenters. The summed E-state index contributed by atoms with van der Waals surface area (Å²) >= 11 is 0. The lowest BCUT2D eigenvalue weighted by atomic mass is 9.80. The first-order chi connectivity index (χ1) is 6.20. The summed E-state index contributed by atoms with van der Waals surface area (Å²) in [5.41, 5.74) is -0.329. The zero-order valence-electron chi connectivity index (χ0n) is 9.05. The molecule has 1 fully saturated rings. The van der Waals surface area contributed by atoms with Crippen LogP contribution in [-0.2, 0) is 0 Å². The van der Waals surface area contributed by atoms with Crippen LogP contribution in [0.25, 0.3) is 0 Å². The van der Waals surface area contributed by atoms with E-state index in [1.54, 1.807) is 0 Å². The van der Waals surface area contributed by atoms with Gasteiger partial charge in [0.2, 0.25) is 0 Å². The van der Waals surface area contributed by atoms with Crippen LogP contribution in [0.2, 0.25) is 0 Å². The third-order valence-corrected chi connectivity index (χ3v) is 2.88. The van der Waals surface area contributed by atoms with Crippen molar-refractivity contribution < 1.29 is 5.11 Å². The van der Waals surface area contributed by atoms with Gasteiger partial charge in [-0.1, -0.05) is 13.8 Å². The summed E-state index contributed by atoms with van der Waals surface area (Å²) in [7, 11) is 0. The minimum atomic E-state index is -0.329. The topological polar surface area (TPSA) is 23.5 Å². The van der Waals surface area contributed by atoms with Crippen molar-refractivity contribution >= 4 is 0 Å². The van der Waals surface area contributed by atoms with Gasteiger partial charge in [-0.3, -0.25) is 0 Å². The van der Waals surface area contributed by atoms with Gasteiger partial charge in [0.15, 0.2) is 0 Å². The highest BCUT2D eigenvalue weighted by atomic mass is 16.3. The van der Waals surface area contributed by atoms with Crippen molar-refractivity contribution in [2.24, 2.45) is 0 Å². The molecule has 1 N–H and O–H groups in total. The first-order valence-corrected chi connectivity index (χ1v) is 5.65. The molecule has 78 valence electrons. The molecule has 0 aliphatic heterocycles. The zero-order valence-corrected chi connectivity index (χ0v) is 9.05. The van der Waals surface area contributed by atoms with E-state index in [4.69, 9.17) is 0 Å². The fourth-order valence-corrected chi connectivity index (χ4v) is 2.06. The molecule has 1 saturated carbocycles. The zero-order chi connectivity index (χ0) is 9.73. The average molecular weight is 185 g/mol. The number of hydrogen-bond donors (Lipinski definition) is 1. The van der Waals surface area contributed by atoms with Crippen LogP contribution in [0.15, 0.2) is 0 Å². The van der Waals surface area contributed by atoms with Crippen molar-refractivity contribution in [1.82, 2.24) is 4.90 Å². The maximum atomic E-state index is 9.99. The summed E-state index contributed by atoms with van der Waals surface area (Å²) in [5, 5.41) is 9.99. The Bertz CT molecular complexity index is 137. The summed E-state index contributed by atoms with van der Waals surface area (Å²) in [4.78, 5) is 2.40. The Morgan fingerprint density at radius 2 is 1.69 bits per heavy atom. The number of aliphatic hydroxyl groups is 1. The average Bonchev–Trinajstić information content (AvgIpc) is 2.02. The number of hydrogen-bond acceptors (Lipinski definition) is 2. The van der Waals surface area contributed by atoms with Gasteiger partial charge in [-0.2, -0.15) is 0 Å². The second-order valence-corrected chi connectivity index (χ2v) is 4.35. The van der Waals surface area contributed by atoms with Gasteiger partial charge in [-0.25, -0.2) is 0 Å². The molecule has 13 heavy (non-hydrogen) atoms. The fraction of sp³-hybridized carbons (Fsp3) is 1.00. The van der Waals surface area contributed by atoms with Crippen molar-refractivity contribution in [3.63, 3.8) is 0 Å². The van der Waals surface area contributed by atoms with Crippen LogP contribution in [0.3, 0.4) is 0 Å². The molecule has 1 aliphatic carbocycles. The Morgan fingerprint density at radius 1 is 1.15 bits per heavy atom. The maximum absolute atomic E-state index is 9.99. The lowest BCUT2D eigenvalue weighted by Crippen LogP contribution is -2.48. The Balaban J connectivity index is 2.27. The van der Waals surface area contributed by atoms with Gasteiger partial charge in [-0.15, -0.1) is 0 Å². The van der Waals surface area contributed by atoms with E-state index in [1.165, 1.54) is 19.3 Å². The molecule has 0 heterocycles. The fourth-order valence-electron chi connectivity index (χ4n) is 2.06. The lowest BCUT2D eigenvalue weighted by molar-refractivity contribution is -0.0586. The number of rotatable bonds is 6. The molecule has 0 amide bonds. The summed E-state index contributed by atoms with van der Waals surface area (Å²) in [5.74, 6) is 0. The highest BCUT2D eigenvalue weighted by Gasteiger charge is 2.35. The minimum absolute atomic E-state index is 0.329. The molecule has 2 heteroatoms. The van der Waals surface area contributed by atoms with Crippen molar-refractivity contribution in [2.45, 2.75) is 51.6 Å². The van der Waals surface area contributed by atoms with E-state index >= 15 is 0 Å². The van der Waals surface area contributed by atoms with E-state index in [0.29, 0.717) is 0 Å². The van der Waals surface area contributed by atoms with Crippen LogP contribution < -0.4 is 0 Å². The van der Waals surface area contributed by atoms with Crippen LogP contribution in [0.1, 0.15) is 46.0 Å². The SMILES string of the molecule is CCCN(CCC)CC1(O)CCC1. The lowest BCUT2D eigenvalue weighted by Gasteiger charge is -2.40. The van der Waals surface area contributed by atoms with Crippen molar-refractivity contribution in [1.29, 1.82) is 0 Å². The van der Waals surface area contributed by atoms with Crippen LogP contribution in [-0.4, -0.2) is 35.2 Å². The molecule has 0 saturated heterocycles. The summed E-state index contributed by atoms with van der Waals surface area (Å²) < 4.78 is 0. The molecular formula is C11H23NO. The molecule has 0 aromatic rings. The van der Waals surface area contributed by atoms with Gasteiger partial charge >= 0.3 is 0 Å². The van der Waals surface area contributed by atoms with E-state index in [2.05, 4.69) is 18.7 Å². The van der Waals surface area contributed by atoms with E-state index < -0.39 is 0 Å². The van der Waals surface area contributed by atoms with Crippen LogP contribution in [0.5, 0.6) is 0 Å². The summed E-state index contributed by atoms with van der Waals surface area (Å²) in [6.45, 7) is 7.57. The van der Waals surface area contributed by atoms with Crippen molar-refractivity contribution in [3.05, 3.63) is 0 Å². The van der Waals surface area contributed by atoms with Crippen LogP contribution >= 0.6 is 0 Å². The summed E-state index contributed by atoms with van der Waals surface area (Å²) in [6.07, 6.45) is 5.61. The van der Waals surface area contributed by atoms with Gasteiger partial charge in [0.1, 0.15) is 0 Å². The third-order valence-electron chi connectivity index (χ3n) is 2.88.